The first-order chi connectivity index (χ1) is 13.8. The van der Waals surface area contributed by atoms with E-state index >= 15 is 0 Å². The monoisotopic (exact) mass is 414 g/mol. The molecule has 0 spiro atoms. The van der Waals surface area contributed by atoms with Gasteiger partial charge >= 0.3 is 0 Å². The first kappa shape index (κ1) is 18.2. The molecule has 2 aliphatic heterocycles. The van der Waals surface area contributed by atoms with Crippen molar-refractivity contribution in [1.29, 1.82) is 0 Å². The zero-order chi connectivity index (χ0) is 18.9. The van der Waals surface area contributed by atoms with Gasteiger partial charge in [-0.05, 0) is 30.7 Å². The van der Waals surface area contributed by atoms with Gasteiger partial charge in [0.1, 0.15) is 10.0 Å². The van der Waals surface area contributed by atoms with Crippen molar-refractivity contribution in [3.05, 3.63) is 34.7 Å². The molecule has 2 aromatic heterocycles. The van der Waals surface area contributed by atoms with Crippen molar-refractivity contribution in [2.45, 2.75) is 25.4 Å². The van der Waals surface area contributed by atoms with Crippen LogP contribution in [0.1, 0.15) is 16.9 Å². The molecule has 1 saturated heterocycles. The number of benzene rings is 1. The number of anilines is 1. The van der Waals surface area contributed by atoms with E-state index < -0.39 is 0 Å². The molecule has 1 atom stereocenters. The molecule has 2 aliphatic rings. The third-order valence-electron chi connectivity index (χ3n) is 5.12. The largest absolute Gasteiger partial charge is 0.378 e. The maximum atomic E-state index is 12.7. The second-order valence-corrected chi connectivity index (χ2v) is 9.24. The number of rotatable bonds is 4. The molecular formula is C20H22N4O2S2. The molecule has 1 amide bonds. The molecule has 4 heterocycles. The lowest BCUT2D eigenvalue weighted by Crippen LogP contribution is -2.43. The molecule has 1 aromatic carbocycles. The van der Waals surface area contributed by atoms with Gasteiger partial charge in [0, 0.05) is 36.0 Å². The van der Waals surface area contributed by atoms with Crippen LogP contribution in [-0.2, 0) is 22.5 Å². The van der Waals surface area contributed by atoms with Crippen LogP contribution in [0.15, 0.2) is 24.3 Å². The summed E-state index contributed by atoms with van der Waals surface area (Å²) in [5, 5.41) is 11.9. The summed E-state index contributed by atoms with van der Waals surface area (Å²) in [7, 11) is 0. The quantitative estimate of drug-likeness (QED) is 0.612. The summed E-state index contributed by atoms with van der Waals surface area (Å²) >= 11 is 3.37. The highest BCUT2D eigenvalue weighted by Crippen LogP contribution is 2.44. The van der Waals surface area contributed by atoms with E-state index in [9.17, 15) is 4.79 Å². The zero-order valence-corrected chi connectivity index (χ0v) is 17.0. The predicted molar refractivity (Wildman–Crippen MR) is 114 cm³/mol. The number of hydrogen-bond donors (Lipinski definition) is 3. The van der Waals surface area contributed by atoms with Gasteiger partial charge in [0.05, 0.1) is 23.4 Å². The molecule has 146 valence electrons. The molecule has 0 bridgehead atoms. The van der Waals surface area contributed by atoms with Crippen LogP contribution in [0.25, 0.3) is 20.8 Å². The molecule has 1 fully saturated rings. The number of morpholine rings is 1. The minimum atomic E-state index is 0.0249. The highest BCUT2D eigenvalue weighted by molar-refractivity contribution is 7.22. The lowest BCUT2D eigenvalue weighted by Gasteiger charge is -2.23. The number of para-hydroxylation sites is 1. The number of ether oxygens (including phenoxy) is 1. The predicted octanol–water partition coefficient (Wildman–Crippen LogP) is 2.99. The second kappa shape index (κ2) is 7.88. The molecule has 5 rings (SSSR count). The highest BCUT2D eigenvalue weighted by Gasteiger charge is 2.26. The summed E-state index contributed by atoms with van der Waals surface area (Å²) < 4.78 is 6.64. The number of aromatic nitrogens is 1. The van der Waals surface area contributed by atoms with E-state index in [1.807, 2.05) is 18.2 Å². The minimum Gasteiger partial charge on any atom is -0.378 e. The van der Waals surface area contributed by atoms with Crippen LogP contribution in [-0.4, -0.2) is 43.2 Å². The maximum absolute atomic E-state index is 12.7. The fraction of sp³-hybridized carbons (Fsp3) is 0.400. The lowest BCUT2D eigenvalue weighted by molar-refractivity contribution is -0.117. The second-order valence-electron chi connectivity index (χ2n) is 7.10. The molecule has 3 N–H and O–H groups in total. The maximum Gasteiger partial charge on any atom is 0.226 e. The van der Waals surface area contributed by atoms with Crippen LogP contribution < -0.4 is 16.0 Å². The molecule has 3 aromatic rings. The zero-order valence-electron chi connectivity index (χ0n) is 15.4. The van der Waals surface area contributed by atoms with Crippen LogP contribution in [0.4, 0.5) is 5.00 Å². The SMILES string of the molecule is O=C(CC1COCCN1)Nc1sc2c(c1-c1nc3ccccc3s1)CCNC2. The Kier molecular flexibility index (Phi) is 5.13. The highest BCUT2D eigenvalue weighted by atomic mass is 32.1. The fourth-order valence-electron chi connectivity index (χ4n) is 3.78. The van der Waals surface area contributed by atoms with Gasteiger partial charge in [0.15, 0.2) is 0 Å². The van der Waals surface area contributed by atoms with Crippen LogP contribution in [0, 0.1) is 0 Å². The molecule has 6 nitrogen and oxygen atoms in total. The number of thiophene rings is 1. The first-order valence-electron chi connectivity index (χ1n) is 9.60. The Labute approximate surface area is 171 Å². The summed E-state index contributed by atoms with van der Waals surface area (Å²) in [4.78, 5) is 18.9. The summed E-state index contributed by atoms with van der Waals surface area (Å²) in [6.45, 7) is 3.91. The molecular weight excluding hydrogens is 392 g/mol. The van der Waals surface area contributed by atoms with Crippen molar-refractivity contribution in [3.63, 3.8) is 0 Å². The number of carbonyl (C=O) groups is 1. The Bertz CT molecular complexity index is 974. The standard InChI is InChI=1S/C20H22N4O2S2/c25-17(9-12-11-26-8-7-22-12)24-20-18(13-5-6-21-10-16(13)28-20)19-23-14-3-1-2-4-15(14)27-19/h1-4,12,21-22H,5-11H2,(H,24,25). The first-order valence-corrected chi connectivity index (χ1v) is 11.2. The van der Waals surface area contributed by atoms with E-state index in [1.54, 1.807) is 22.7 Å². The Balaban J connectivity index is 1.47. The van der Waals surface area contributed by atoms with Crippen molar-refractivity contribution in [2.24, 2.45) is 0 Å². The molecule has 0 saturated carbocycles. The van der Waals surface area contributed by atoms with Crippen LogP contribution in [0.5, 0.6) is 0 Å². The number of amides is 1. The number of fused-ring (bicyclic) bond motifs is 2. The summed E-state index contributed by atoms with van der Waals surface area (Å²) in [5.74, 6) is 0.0249. The van der Waals surface area contributed by atoms with Crippen molar-refractivity contribution in [1.82, 2.24) is 15.6 Å². The molecule has 28 heavy (non-hydrogen) atoms. The van der Waals surface area contributed by atoms with Crippen LogP contribution in [0.2, 0.25) is 0 Å². The van der Waals surface area contributed by atoms with Crippen molar-refractivity contribution < 1.29 is 9.53 Å². The normalized spacial score (nSPS) is 19.5. The lowest BCUT2D eigenvalue weighted by atomic mass is 10.0. The number of thiazole rings is 1. The molecule has 8 heteroatoms. The van der Waals surface area contributed by atoms with Crippen molar-refractivity contribution >= 4 is 43.8 Å². The average molecular weight is 415 g/mol. The summed E-state index contributed by atoms with van der Waals surface area (Å²) in [6, 6.07) is 8.28. The van der Waals surface area contributed by atoms with Gasteiger partial charge in [-0.25, -0.2) is 4.98 Å². The number of hydrogen-bond acceptors (Lipinski definition) is 7. The number of carbonyl (C=O) groups excluding carboxylic acids is 1. The average Bonchev–Trinajstić information content (AvgIpc) is 3.28. The van der Waals surface area contributed by atoms with E-state index in [2.05, 4.69) is 22.0 Å². The van der Waals surface area contributed by atoms with Gasteiger partial charge < -0.3 is 20.7 Å². The third-order valence-corrected chi connectivity index (χ3v) is 7.32. The smallest absolute Gasteiger partial charge is 0.226 e. The van der Waals surface area contributed by atoms with E-state index in [0.717, 1.165) is 47.1 Å². The van der Waals surface area contributed by atoms with E-state index in [1.165, 1.54) is 15.1 Å². The van der Waals surface area contributed by atoms with Gasteiger partial charge in [-0.15, -0.1) is 22.7 Å². The Morgan fingerprint density at radius 3 is 3.07 bits per heavy atom. The van der Waals surface area contributed by atoms with Gasteiger partial charge in [-0.3, -0.25) is 4.79 Å². The minimum absolute atomic E-state index is 0.0249. The van der Waals surface area contributed by atoms with Gasteiger partial charge in [0.2, 0.25) is 5.91 Å². The van der Waals surface area contributed by atoms with Crippen LogP contribution in [0.3, 0.4) is 0 Å². The van der Waals surface area contributed by atoms with Gasteiger partial charge in [-0.1, -0.05) is 12.1 Å². The molecule has 0 radical (unpaired) electrons. The summed E-state index contributed by atoms with van der Waals surface area (Å²) in [5.41, 5.74) is 3.46. The van der Waals surface area contributed by atoms with Gasteiger partial charge in [0.25, 0.3) is 0 Å². The van der Waals surface area contributed by atoms with E-state index in [-0.39, 0.29) is 11.9 Å². The number of nitrogens with zero attached hydrogens (tertiary/aromatic N) is 1. The Morgan fingerprint density at radius 1 is 1.29 bits per heavy atom. The third kappa shape index (κ3) is 3.58. The Morgan fingerprint density at radius 2 is 2.21 bits per heavy atom. The van der Waals surface area contributed by atoms with Crippen molar-refractivity contribution in [3.8, 4) is 10.6 Å². The van der Waals surface area contributed by atoms with E-state index in [4.69, 9.17) is 9.72 Å². The van der Waals surface area contributed by atoms with Crippen molar-refractivity contribution in [2.75, 3.05) is 31.6 Å². The molecule has 0 aliphatic carbocycles. The Hall–Kier alpha value is -1.84. The summed E-state index contributed by atoms with van der Waals surface area (Å²) in [6.07, 6.45) is 1.38. The fourth-order valence-corrected chi connectivity index (χ4v) is 6.12. The molecule has 1 unspecified atom stereocenters. The number of nitrogens with one attached hydrogen (secondary N) is 3. The van der Waals surface area contributed by atoms with Gasteiger partial charge in [-0.2, -0.15) is 0 Å². The van der Waals surface area contributed by atoms with E-state index in [0.29, 0.717) is 19.6 Å². The van der Waals surface area contributed by atoms with Crippen LogP contribution >= 0.6 is 22.7 Å². The topological polar surface area (TPSA) is 75.3 Å².